The zero-order valence-corrected chi connectivity index (χ0v) is 26.6. The van der Waals surface area contributed by atoms with Crippen molar-refractivity contribution in [2.24, 2.45) is 11.7 Å². The fourth-order valence-electron chi connectivity index (χ4n) is 5.46. The molecular formula is C30H45N7O10. The number of hydrazine groups is 1. The number of rotatable bonds is 14. The number of likely N-dealkylation sites (tertiary alicyclic amines) is 1. The molecule has 2 saturated heterocycles. The van der Waals surface area contributed by atoms with E-state index in [1.165, 1.54) is 7.11 Å². The third-order valence-electron chi connectivity index (χ3n) is 8.09. The monoisotopic (exact) mass is 663 g/mol. The number of hydrogen-bond acceptors (Lipinski definition) is 11. The van der Waals surface area contributed by atoms with Gasteiger partial charge >= 0.3 is 6.03 Å². The molecule has 9 N–H and O–H groups in total. The van der Waals surface area contributed by atoms with Gasteiger partial charge in [-0.2, -0.15) is 0 Å². The number of primary amides is 1. The molecule has 1 aromatic rings. The lowest BCUT2D eigenvalue weighted by Crippen LogP contribution is -2.66. The van der Waals surface area contributed by atoms with Crippen molar-refractivity contribution >= 4 is 35.6 Å². The molecule has 3 rings (SSSR count). The second-order valence-electron chi connectivity index (χ2n) is 11.9. The van der Waals surface area contributed by atoms with Gasteiger partial charge in [0.2, 0.25) is 11.8 Å². The van der Waals surface area contributed by atoms with Crippen LogP contribution in [0, 0.1) is 5.92 Å². The molecule has 47 heavy (non-hydrogen) atoms. The van der Waals surface area contributed by atoms with Gasteiger partial charge in [-0.3, -0.25) is 33.9 Å². The lowest BCUT2D eigenvalue weighted by atomic mass is 9.95. The number of nitrogens with zero attached hydrogens (tertiary/aromatic N) is 2. The number of benzene rings is 1. The zero-order chi connectivity index (χ0) is 34.8. The fourth-order valence-corrected chi connectivity index (χ4v) is 5.46. The van der Waals surface area contributed by atoms with Crippen LogP contribution >= 0.6 is 0 Å². The van der Waals surface area contributed by atoms with E-state index in [1.807, 2.05) is 0 Å². The number of ether oxygens (including phenoxy) is 1. The molecule has 0 aromatic heterocycles. The van der Waals surface area contributed by atoms with E-state index in [2.05, 4.69) is 21.4 Å². The van der Waals surface area contributed by atoms with E-state index in [0.29, 0.717) is 18.5 Å². The van der Waals surface area contributed by atoms with Gasteiger partial charge in [-0.05, 0) is 37.2 Å². The Labute approximate surface area is 272 Å². The first kappa shape index (κ1) is 37.3. The van der Waals surface area contributed by atoms with Crippen LogP contribution in [0.15, 0.2) is 30.3 Å². The number of urea groups is 1. The Bertz CT molecular complexity index is 1280. The second-order valence-corrected chi connectivity index (χ2v) is 11.9. The largest absolute Gasteiger partial charge is 0.390 e. The summed E-state index contributed by atoms with van der Waals surface area (Å²) >= 11 is 0. The number of carbonyl (C=O) groups is 6. The highest BCUT2D eigenvalue weighted by Crippen LogP contribution is 2.18. The Morgan fingerprint density at radius 2 is 1.72 bits per heavy atom. The Kier molecular flexibility index (Phi) is 13.6. The maximum atomic E-state index is 13.8. The molecular weight excluding hydrogens is 618 g/mol. The molecule has 0 bridgehead atoms. The molecule has 0 radical (unpaired) electrons. The predicted octanol–water partition coefficient (Wildman–Crippen LogP) is -3.12. The minimum absolute atomic E-state index is 0.0276. The van der Waals surface area contributed by atoms with Gasteiger partial charge in [0.25, 0.3) is 17.7 Å². The van der Waals surface area contributed by atoms with Gasteiger partial charge in [0.05, 0.1) is 12.1 Å². The molecule has 7 amide bonds. The van der Waals surface area contributed by atoms with E-state index in [-0.39, 0.29) is 32.4 Å². The number of methoxy groups -OCH3 is 1. The molecule has 0 aliphatic carbocycles. The third kappa shape index (κ3) is 9.68. The topological polar surface area (TPSA) is 253 Å². The van der Waals surface area contributed by atoms with Crippen LogP contribution < -0.4 is 27.1 Å². The van der Waals surface area contributed by atoms with Crippen LogP contribution in [0.4, 0.5) is 4.79 Å². The second kappa shape index (κ2) is 17.1. The van der Waals surface area contributed by atoms with Crippen LogP contribution in [0.5, 0.6) is 0 Å². The summed E-state index contributed by atoms with van der Waals surface area (Å²) in [5, 5.41) is 41.3. The van der Waals surface area contributed by atoms with Crippen molar-refractivity contribution in [3.05, 3.63) is 35.9 Å². The van der Waals surface area contributed by atoms with Gasteiger partial charge in [0.15, 0.2) is 6.10 Å². The highest BCUT2D eigenvalue weighted by atomic mass is 16.5. The summed E-state index contributed by atoms with van der Waals surface area (Å²) in [6.07, 6.45) is -4.62. The van der Waals surface area contributed by atoms with Gasteiger partial charge in [-0.25, -0.2) is 10.2 Å². The Morgan fingerprint density at radius 1 is 1.04 bits per heavy atom. The van der Waals surface area contributed by atoms with E-state index in [9.17, 15) is 44.1 Å². The van der Waals surface area contributed by atoms with Crippen LogP contribution in [0.25, 0.3) is 0 Å². The summed E-state index contributed by atoms with van der Waals surface area (Å²) in [4.78, 5) is 77.4. The van der Waals surface area contributed by atoms with Crippen molar-refractivity contribution in [2.45, 2.75) is 82.0 Å². The standard InChI is InChI=1S/C30H45N7O10/c1-16(2)23(39)22(35-21(38)15-47-3)29(45)37-20(10-7-12-32-37)26(42)34-19(14-17-8-5-4-6-9-17)24(40)25(41)27(43)33-18-11-13-36(28(18)44)30(31)46/h4-6,8-9,16,18-20,22-25,32,39-41H,7,10-15H2,1-3H3,(H2,31,46)(H,33,43)(H,34,42)(H,35,38)/t18-,19-,20-,22+,23+,24+,25-/m0/s1. The number of carbonyl (C=O) groups excluding carboxylic acids is 6. The van der Waals surface area contributed by atoms with Gasteiger partial charge < -0.3 is 41.7 Å². The van der Waals surface area contributed by atoms with Gasteiger partial charge in [0.1, 0.15) is 30.8 Å². The first-order chi connectivity index (χ1) is 22.3. The van der Waals surface area contributed by atoms with Crippen molar-refractivity contribution in [1.29, 1.82) is 0 Å². The number of nitrogens with two attached hydrogens (primary N) is 1. The molecule has 1 aromatic carbocycles. The van der Waals surface area contributed by atoms with Crippen LogP contribution in [0.2, 0.25) is 0 Å². The molecule has 260 valence electrons. The molecule has 17 nitrogen and oxygen atoms in total. The summed E-state index contributed by atoms with van der Waals surface area (Å²) in [5.41, 5.74) is 8.68. The summed E-state index contributed by atoms with van der Waals surface area (Å²) in [6.45, 7) is 3.25. The van der Waals surface area contributed by atoms with Gasteiger partial charge in [-0.1, -0.05) is 44.2 Å². The SMILES string of the molecule is COCC(=O)N[C@@H](C(=O)N1NCCC[C@H]1C(=O)N[C@@H](Cc1ccccc1)[C@@H](O)[C@H](O)C(=O)N[C@H]1CCN(C(N)=O)C1=O)[C@H](O)C(C)C. The van der Waals surface area contributed by atoms with E-state index in [1.54, 1.807) is 44.2 Å². The molecule has 2 heterocycles. The van der Waals surface area contributed by atoms with Crippen molar-refractivity contribution in [3.63, 3.8) is 0 Å². The smallest absolute Gasteiger partial charge is 0.321 e. The van der Waals surface area contributed by atoms with E-state index in [4.69, 9.17) is 10.5 Å². The quantitative estimate of drug-likeness (QED) is 0.0988. The first-order valence-electron chi connectivity index (χ1n) is 15.4. The Balaban J connectivity index is 1.81. The highest BCUT2D eigenvalue weighted by molar-refractivity contribution is 6.00. The lowest BCUT2D eigenvalue weighted by molar-refractivity contribution is -0.153. The van der Waals surface area contributed by atoms with Crippen molar-refractivity contribution in [2.75, 3.05) is 26.8 Å². The van der Waals surface area contributed by atoms with Gasteiger partial charge in [-0.15, -0.1) is 0 Å². The fraction of sp³-hybridized carbons (Fsp3) is 0.600. The number of nitrogens with one attached hydrogen (secondary N) is 4. The summed E-state index contributed by atoms with van der Waals surface area (Å²) in [6, 6.07) is 2.67. The minimum Gasteiger partial charge on any atom is -0.390 e. The maximum absolute atomic E-state index is 13.8. The molecule has 17 heteroatoms. The molecule has 2 aliphatic heterocycles. The van der Waals surface area contributed by atoms with Crippen LogP contribution in [0.3, 0.4) is 0 Å². The average Bonchev–Trinajstić information content (AvgIpc) is 3.41. The average molecular weight is 664 g/mol. The number of amides is 7. The van der Waals surface area contributed by atoms with E-state index in [0.717, 1.165) is 9.91 Å². The molecule has 2 aliphatic rings. The Morgan fingerprint density at radius 3 is 2.32 bits per heavy atom. The normalized spacial score (nSPS) is 21.4. The number of imide groups is 1. The highest BCUT2D eigenvalue weighted by Gasteiger charge is 2.43. The van der Waals surface area contributed by atoms with Gasteiger partial charge in [0, 0.05) is 20.2 Å². The lowest BCUT2D eigenvalue weighted by Gasteiger charge is -2.39. The summed E-state index contributed by atoms with van der Waals surface area (Å²) in [7, 11) is 1.30. The summed E-state index contributed by atoms with van der Waals surface area (Å²) in [5.74, 6) is -4.47. The number of aliphatic hydroxyl groups is 3. The van der Waals surface area contributed by atoms with Crippen LogP contribution in [-0.2, 0) is 35.1 Å². The van der Waals surface area contributed by atoms with Crippen LogP contribution in [0.1, 0.15) is 38.7 Å². The van der Waals surface area contributed by atoms with Crippen LogP contribution in [-0.4, -0.2) is 130 Å². The number of aliphatic hydroxyl groups excluding tert-OH is 3. The maximum Gasteiger partial charge on any atom is 0.321 e. The third-order valence-corrected chi connectivity index (χ3v) is 8.09. The molecule has 7 atom stereocenters. The molecule has 2 fully saturated rings. The Hall–Kier alpha value is -4.16. The summed E-state index contributed by atoms with van der Waals surface area (Å²) < 4.78 is 4.83. The molecule has 0 spiro atoms. The van der Waals surface area contributed by atoms with E-state index < -0.39 is 84.0 Å². The zero-order valence-electron chi connectivity index (χ0n) is 26.6. The number of hydrogen-bond donors (Lipinski definition) is 8. The minimum atomic E-state index is -2.11. The molecule has 0 saturated carbocycles. The van der Waals surface area contributed by atoms with Crippen molar-refractivity contribution in [1.82, 2.24) is 31.3 Å². The predicted molar refractivity (Wildman–Crippen MR) is 164 cm³/mol. The van der Waals surface area contributed by atoms with Crippen molar-refractivity contribution < 1.29 is 48.8 Å². The molecule has 0 unspecified atom stereocenters. The van der Waals surface area contributed by atoms with E-state index >= 15 is 0 Å². The van der Waals surface area contributed by atoms with Crippen molar-refractivity contribution in [3.8, 4) is 0 Å². The first-order valence-corrected chi connectivity index (χ1v) is 15.4.